The number of aromatic nitrogens is 1. The van der Waals surface area contributed by atoms with E-state index in [4.69, 9.17) is 5.84 Å². The number of nitrogen functional groups attached to an aromatic ring is 1. The number of halogens is 2. The van der Waals surface area contributed by atoms with Gasteiger partial charge in [-0.15, -0.1) is 0 Å². The summed E-state index contributed by atoms with van der Waals surface area (Å²) in [4.78, 5) is 17.3. The van der Waals surface area contributed by atoms with Crippen LogP contribution in [0.3, 0.4) is 0 Å². The number of anilines is 2. The van der Waals surface area contributed by atoms with Crippen molar-refractivity contribution in [3.8, 4) is 0 Å². The number of hydrazine groups is 1. The van der Waals surface area contributed by atoms with E-state index in [-0.39, 0.29) is 17.5 Å². The molecule has 1 aliphatic rings. The number of nitrogens with one attached hydrogen (secondary N) is 2. The fourth-order valence-corrected chi connectivity index (χ4v) is 2.41. The second-order valence-electron chi connectivity index (χ2n) is 5.08. The normalized spacial score (nSPS) is 21.9. The molecule has 1 amide bonds. The molecular weight excluding hydrogens is 268 g/mol. The lowest BCUT2D eigenvalue weighted by molar-refractivity contribution is -0.128. The Hall–Kier alpha value is -1.96. The zero-order valence-electron chi connectivity index (χ0n) is 11.3. The number of nitrogens with zero attached hydrogens (tertiary/aromatic N) is 2. The smallest absolute Gasteiger partial charge is 0.227 e. The number of carbonyl (C=O) groups is 1. The minimum Gasteiger partial charge on any atom is -0.359 e. The van der Waals surface area contributed by atoms with E-state index in [0.717, 1.165) is 6.07 Å². The highest BCUT2D eigenvalue weighted by Crippen LogP contribution is 2.34. The summed E-state index contributed by atoms with van der Waals surface area (Å²) in [6.07, 6.45) is 0.566. The summed E-state index contributed by atoms with van der Waals surface area (Å²) in [6.45, 7) is 2.57. The van der Waals surface area contributed by atoms with Crippen LogP contribution in [0.5, 0.6) is 0 Å². The number of amides is 1. The van der Waals surface area contributed by atoms with Crippen LogP contribution in [0, 0.1) is 17.0 Å². The van der Waals surface area contributed by atoms with Crippen molar-refractivity contribution in [1.29, 1.82) is 0 Å². The van der Waals surface area contributed by atoms with E-state index in [1.165, 1.54) is 0 Å². The highest BCUT2D eigenvalue weighted by molar-refractivity contribution is 5.83. The highest BCUT2D eigenvalue weighted by Gasteiger charge is 2.41. The van der Waals surface area contributed by atoms with Gasteiger partial charge in [0.15, 0.2) is 23.3 Å². The van der Waals surface area contributed by atoms with E-state index in [1.54, 1.807) is 18.9 Å². The van der Waals surface area contributed by atoms with Gasteiger partial charge in [0, 0.05) is 26.2 Å². The van der Waals surface area contributed by atoms with Gasteiger partial charge in [-0.3, -0.25) is 4.79 Å². The molecule has 1 saturated heterocycles. The van der Waals surface area contributed by atoms with Gasteiger partial charge in [-0.05, 0) is 13.3 Å². The van der Waals surface area contributed by atoms with Gasteiger partial charge in [0.25, 0.3) is 0 Å². The Morgan fingerprint density at radius 1 is 1.50 bits per heavy atom. The minimum absolute atomic E-state index is 0.00743. The monoisotopic (exact) mass is 285 g/mol. The van der Waals surface area contributed by atoms with Crippen LogP contribution in [-0.2, 0) is 4.79 Å². The third-order valence-electron chi connectivity index (χ3n) is 3.60. The maximum Gasteiger partial charge on any atom is 0.227 e. The first-order chi connectivity index (χ1) is 9.41. The fourth-order valence-electron chi connectivity index (χ4n) is 2.41. The van der Waals surface area contributed by atoms with E-state index < -0.39 is 17.0 Å². The number of hydrogen-bond donors (Lipinski definition) is 3. The third-order valence-corrected chi connectivity index (χ3v) is 3.60. The van der Waals surface area contributed by atoms with Crippen molar-refractivity contribution in [1.82, 2.24) is 10.3 Å². The summed E-state index contributed by atoms with van der Waals surface area (Å²) in [5.74, 6) is 3.15. The minimum atomic E-state index is -0.859. The van der Waals surface area contributed by atoms with E-state index in [1.807, 2.05) is 0 Å². The van der Waals surface area contributed by atoms with Gasteiger partial charge in [0.2, 0.25) is 5.91 Å². The molecule has 110 valence electrons. The average Bonchev–Trinajstić information content (AvgIpc) is 2.81. The van der Waals surface area contributed by atoms with Crippen molar-refractivity contribution in [2.75, 3.05) is 30.5 Å². The lowest BCUT2D eigenvalue weighted by atomic mass is 9.89. The van der Waals surface area contributed by atoms with E-state index in [2.05, 4.69) is 15.7 Å². The average molecular weight is 285 g/mol. The molecular formula is C12H17F2N5O. The molecule has 1 aromatic rings. The first-order valence-electron chi connectivity index (χ1n) is 6.21. The van der Waals surface area contributed by atoms with Crippen LogP contribution in [0.25, 0.3) is 0 Å². The Bertz CT molecular complexity index is 539. The van der Waals surface area contributed by atoms with Crippen LogP contribution < -0.4 is 21.5 Å². The zero-order valence-corrected chi connectivity index (χ0v) is 11.3. The summed E-state index contributed by atoms with van der Waals surface area (Å²) in [5.41, 5.74) is 1.46. The predicted molar refractivity (Wildman–Crippen MR) is 71.0 cm³/mol. The molecule has 0 aliphatic carbocycles. The molecule has 20 heavy (non-hydrogen) atoms. The first kappa shape index (κ1) is 14.4. The van der Waals surface area contributed by atoms with Crippen molar-refractivity contribution in [2.24, 2.45) is 11.3 Å². The van der Waals surface area contributed by atoms with Gasteiger partial charge in [0.05, 0.1) is 5.41 Å². The molecule has 1 unspecified atom stereocenters. The molecule has 0 bridgehead atoms. The van der Waals surface area contributed by atoms with Crippen molar-refractivity contribution in [3.05, 3.63) is 17.7 Å². The summed E-state index contributed by atoms with van der Waals surface area (Å²) in [5, 5.41) is 2.59. The topological polar surface area (TPSA) is 83.3 Å². The molecule has 6 nitrogen and oxygen atoms in total. The Morgan fingerprint density at radius 2 is 2.20 bits per heavy atom. The van der Waals surface area contributed by atoms with Gasteiger partial charge < -0.3 is 15.6 Å². The van der Waals surface area contributed by atoms with Crippen molar-refractivity contribution in [2.45, 2.75) is 13.3 Å². The van der Waals surface area contributed by atoms with Gasteiger partial charge in [-0.25, -0.2) is 19.6 Å². The van der Waals surface area contributed by atoms with E-state index in [0.29, 0.717) is 19.5 Å². The third kappa shape index (κ3) is 2.38. The second-order valence-corrected chi connectivity index (χ2v) is 5.08. The van der Waals surface area contributed by atoms with Crippen molar-refractivity contribution in [3.63, 3.8) is 0 Å². The molecule has 0 saturated carbocycles. The zero-order chi connectivity index (χ0) is 14.9. The number of rotatable bonds is 3. The van der Waals surface area contributed by atoms with Crippen LogP contribution in [0.4, 0.5) is 20.4 Å². The van der Waals surface area contributed by atoms with Crippen molar-refractivity contribution < 1.29 is 13.6 Å². The first-order valence-corrected chi connectivity index (χ1v) is 6.21. The molecule has 1 aromatic heterocycles. The molecule has 1 aliphatic heterocycles. The molecule has 2 heterocycles. The molecule has 0 radical (unpaired) electrons. The van der Waals surface area contributed by atoms with Gasteiger partial charge in [0.1, 0.15) is 0 Å². The fraction of sp³-hybridized carbons (Fsp3) is 0.500. The Morgan fingerprint density at radius 3 is 2.80 bits per heavy atom. The number of nitrogens with two attached hydrogens (primary N) is 1. The largest absolute Gasteiger partial charge is 0.359 e. The Balaban J connectivity index is 2.28. The standard InChI is InChI=1S/C12H17F2N5O/c1-12(11(20)16-2)3-4-19(6-12)10-8(14)5-7(13)9(17-10)18-15/h5H,3-4,6,15H2,1-2H3,(H,16,20)(H,17,18). The van der Waals surface area contributed by atoms with Crippen LogP contribution >= 0.6 is 0 Å². The maximum atomic E-state index is 13.8. The van der Waals surface area contributed by atoms with Crippen LogP contribution in [-0.4, -0.2) is 31.0 Å². The summed E-state index contributed by atoms with van der Waals surface area (Å²) in [7, 11) is 1.56. The molecule has 0 aromatic carbocycles. The maximum absolute atomic E-state index is 13.8. The van der Waals surface area contributed by atoms with Gasteiger partial charge in [-0.2, -0.15) is 0 Å². The Labute approximate surface area is 115 Å². The molecule has 1 atom stereocenters. The number of pyridine rings is 1. The van der Waals surface area contributed by atoms with Crippen molar-refractivity contribution >= 4 is 17.5 Å². The van der Waals surface area contributed by atoms with Crippen LogP contribution in [0.2, 0.25) is 0 Å². The van der Waals surface area contributed by atoms with Crippen LogP contribution in [0.1, 0.15) is 13.3 Å². The molecule has 0 spiro atoms. The van der Waals surface area contributed by atoms with Crippen LogP contribution in [0.15, 0.2) is 6.07 Å². The molecule has 4 N–H and O–H groups in total. The van der Waals surface area contributed by atoms with E-state index in [9.17, 15) is 13.6 Å². The summed E-state index contributed by atoms with van der Waals surface area (Å²) >= 11 is 0. The van der Waals surface area contributed by atoms with E-state index >= 15 is 0 Å². The predicted octanol–water partition coefficient (Wildman–Crippen LogP) is 0.608. The Kier molecular flexibility index (Phi) is 3.76. The summed E-state index contributed by atoms with van der Waals surface area (Å²) in [6, 6.07) is 0.729. The SMILES string of the molecule is CNC(=O)C1(C)CCN(c2nc(NN)c(F)cc2F)C1. The second kappa shape index (κ2) is 5.20. The lowest BCUT2D eigenvalue weighted by Gasteiger charge is -2.23. The van der Waals surface area contributed by atoms with Gasteiger partial charge in [-0.1, -0.05) is 0 Å². The number of carbonyl (C=O) groups excluding carboxylic acids is 1. The molecule has 2 rings (SSSR count). The van der Waals surface area contributed by atoms with Gasteiger partial charge >= 0.3 is 0 Å². The lowest BCUT2D eigenvalue weighted by Crippen LogP contribution is -2.39. The quantitative estimate of drug-likeness (QED) is 0.560. The molecule has 8 heteroatoms. The number of hydrogen-bond acceptors (Lipinski definition) is 5. The highest BCUT2D eigenvalue weighted by atomic mass is 19.1. The summed E-state index contributed by atoms with van der Waals surface area (Å²) < 4.78 is 27.2. The molecule has 1 fully saturated rings.